The molecule has 0 radical (unpaired) electrons. The minimum Gasteiger partial charge on any atom is -0.351 e. The van der Waals surface area contributed by atoms with Crippen LogP contribution < -0.4 is 10.6 Å². The van der Waals surface area contributed by atoms with Crippen molar-refractivity contribution in [3.63, 3.8) is 0 Å². The van der Waals surface area contributed by atoms with E-state index in [1.807, 2.05) is 6.92 Å². The van der Waals surface area contributed by atoms with Crippen LogP contribution in [0, 0.1) is 0 Å². The molecular weight excluding hydrogens is 338 g/mol. The normalized spacial score (nSPS) is 22.3. The van der Waals surface area contributed by atoms with Gasteiger partial charge in [-0.05, 0) is 32.2 Å². The van der Waals surface area contributed by atoms with Gasteiger partial charge in [-0.3, -0.25) is 4.79 Å². The number of carbonyl (C=O) groups is 1. The van der Waals surface area contributed by atoms with E-state index in [1.165, 1.54) is 9.88 Å². The Bertz CT molecular complexity index is 522. The third-order valence-corrected chi connectivity index (χ3v) is 6.22. The quantitative estimate of drug-likeness (QED) is 0.661. The molecule has 2 rings (SSSR count). The van der Waals surface area contributed by atoms with Crippen LogP contribution in [0.5, 0.6) is 0 Å². The number of nitrogens with one attached hydrogen (secondary N) is 2. The lowest BCUT2D eigenvalue weighted by molar-refractivity contribution is -0.124. The van der Waals surface area contributed by atoms with Gasteiger partial charge in [0.05, 0.1) is 5.75 Å². The molecule has 2 aliphatic heterocycles. The first kappa shape index (κ1) is 20.4. The van der Waals surface area contributed by atoms with Crippen molar-refractivity contribution >= 4 is 28.3 Å². The Hall–Kier alpha value is -0.630. The molecule has 6 nitrogen and oxygen atoms in total. The molecule has 8 heteroatoms. The maximum Gasteiger partial charge on any atom is 0.238 e. The first-order chi connectivity index (χ1) is 10.5. The van der Waals surface area contributed by atoms with Crippen molar-refractivity contribution in [1.29, 1.82) is 0 Å². The largest absolute Gasteiger partial charge is 0.351 e. The van der Waals surface area contributed by atoms with Crippen LogP contribution in [0.25, 0.3) is 0 Å². The number of amides is 1. The van der Waals surface area contributed by atoms with E-state index in [0.29, 0.717) is 25.9 Å². The van der Waals surface area contributed by atoms with Crippen LogP contribution in [0.2, 0.25) is 0 Å². The smallest absolute Gasteiger partial charge is 0.238 e. The highest BCUT2D eigenvalue weighted by Gasteiger charge is 2.37. The Balaban J connectivity index is 0.00000264. The minimum absolute atomic E-state index is 0. The topological polar surface area (TPSA) is 78.5 Å². The average molecular weight is 366 g/mol. The number of rotatable bonds is 7. The first-order valence-corrected chi connectivity index (χ1v) is 9.81. The number of nitrogens with zero attached hydrogens (tertiary/aromatic N) is 1. The minimum atomic E-state index is -3.31. The fraction of sp³-hybridized carbons (Fsp3) is 0.800. The summed E-state index contributed by atoms with van der Waals surface area (Å²) in [6.45, 7) is 4.74. The van der Waals surface area contributed by atoms with Crippen LogP contribution in [0.15, 0.2) is 11.6 Å². The highest BCUT2D eigenvalue weighted by molar-refractivity contribution is 7.89. The molecule has 1 amide bonds. The zero-order valence-corrected chi connectivity index (χ0v) is 15.3. The molecule has 1 atom stereocenters. The second kappa shape index (κ2) is 9.61. The third kappa shape index (κ3) is 5.74. The molecule has 1 saturated heterocycles. The lowest BCUT2D eigenvalue weighted by atomic mass is 10.1. The van der Waals surface area contributed by atoms with E-state index in [4.69, 9.17) is 0 Å². The molecule has 1 fully saturated rings. The zero-order chi connectivity index (χ0) is 16.0. The van der Waals surface area contributed by atoms with Crippen molar-refractivity contribution in [2.75, 3.05) is 31.9 Å². The third-order valence-electron chi connectivity index (χ3n) is 4.27. The molecule has 2 aliphatic rings. The summed E-state index contributed by atoms with van der Waals surface area (Å²) < 4.78 is 26.1. The van der Waals surface area contributed by atoms with Gasteiger partial charge in [0.25, 0.3) is 0 Å². The molecule has 134 valence electrons. The number of sulfonamides is 1. The summed E-state index contributed by atoms with van der Waals surface area (Å²) in [5.41, 5.74) is 1.21. The molecule has 0 bridgehead atoms. The molecule has 0 spiro atoms. The molecule has 0 aromatic rings. The Morgan fingerprint density at radius 1 is 1.48 bits per heavy atom. The van der Waals surface area contributed by atoms with Crippen molar-refractivity contribution in [3.05, 3.63) is 11.6 Å². The van der Waals surface area contributed by atoms with E-state index >= 15 is 0 Å². The first-order valence-electron chi connectivity index (χ1n) is 8.20. The molecule has 2 heterocycles. The van der Waals surface area contributed by atoms with Gasteiger partial charge in [-0.25, -0.2) is 8.42 Å². The van der Waals surface area contributed by atoms with Gasteiger partial charge in [-0.15, -0.1) is 12.4 Å². The molecule has 0 aromatic heterocycles. The van der Waals surface area contributed by atoms with E-state index in [0.717, 1.165) is 32.4 Å². The molecule has 1 unspecified atom stereocenters. The molecule has 23 heavy (non-hydrogen) atoms. The van der Waals surface area contributed by atoms with E-state index in [1.54, 1.807) is 0 Å². The summed E-state index contributed by atoms with van der Waals surface area (Å²) >= 11 is 0. The lowest BCUT2D eigenvalue weighted by Gasteiger charge is -2.24. The van der Waals surface area contributed by atoms with Crippen molar-refractivity contribution in [2.24, 2.45) is 0 Å². The number of hydrogen-bond donors (Lipinski definition) is 2. The zero-order valence-electron chi connectivity index (χ0n) is 13.7. The van der Waals surface area contributed by atoms with Crippen molar-refractivity contribution < 1.29 is 13.2 Å². The van der Waals surface area contributed by atoms with Gasteiger partial charge >= 0.3 is 0 Å². The SMILES string of the molecule is CCCCS(=O)(=O)N1CCCC1C(=O)NCC1=CCNCC1.Cl. The van der Waals surface area contributed by atoms with Gasteiger partial charge in [0.15, 0.2) is 0 Å². The summed E-state index contributed by atoms with van der Waals surface area (Å²) in [6.07, 6.45) is 5.89. The van der Waals surface area contributed by atoms with Gasteiger partial charge in [0, 0.05) is 19.6 Å². The van der Waals surface area contributed by atoms with Crippen molar-refractivity contribution in [1.82, 2.24) is 14.9 Å². The Labute approximate surface area is 145 Å². The van der Waals surface area contributed by atoms with Gasteiger partial charge in [-0.2, -0.15) is 4.31 Å². The Morgan fingerprint density at radius 2 is 2.26 bits per heavy atom. The summed E-state index contributed by atoms with van der Waals surface area (Å²) in [4.78, 5) is 12.4. The average Bonchev–Trinajstić information content (AvgIpc) is 3.02. The van der Waals surface area contributed by atoms with Crippen LogP contribution in [0.3, 0.4) is 0 Å². The number of unbranched alkanes of at least 4 members (excludes halogenated alkanes) is 1. The maximum atomic E-state index is 12.4. The number of hydrogen-bond acceptors (Lipinski definition) is 4. The van der Waals surface area contributed by atoms with Crippen LogP contribution >= 0.6 is 12.4 Å². The van der Waals surface area contributed by atoms with Crippen LogP contribution in [-0.4, -0.2) is 56.6 Å². The summed E-state index contributed by atoms with van der Waals surface area (Å²) in [6, 6.07) is -0.524. The van der Waals surface area contributed by atoms with Crippen LogP contribution in [0.4, 0.5) is 0 Å². The van der Waals surface area contributed by atoms with Gasteiger partial charge < -0.3 is 10.6 Å². The highest BCUT2D eigenvalue weighted by atomic mass is 35.5. The van der Waals surface area contributed by atoms with E-state index in [2.05, 4.69) is 16.7 Å². The summed E-state index contributed by atoms with van der Waals surface area (Å²) in [5, 5.41) is 6.14. The molecule has 0 saturated carbocycles. The highest BCUT2D eigenvalue weighted by Crippen LogP contribution is 2.22. The molecule has 0 aliphatic carbocycles. The van der Waals surface area contributed by atoms with E-state index < -0.39 is 16.1 Å². The standard InChI is InChI=1S/C15H27N3O3S.ClH/c1-2-3-11-22(20,21)18-10-4-5-14(18)15(19)17-12-13-6-8-16-9-7-13;/h6,14,16H,2-5,7-12H2,1H3,(H,17,19);1H. The second-order valence-corrected chi connectivity index (χ2v) is 8.01. The fourth-order valence-corrected chi connectivity index (χ4v) is 4.81. The number of carbonyl (C=O) groups excluding carboxylic acids is 1. The van der Waals surface area contributed by atoms with Gasteiger partial charge in [0.1, 0.15) is 6.04 Å². The van der Waals surface area contributed by atoms with E-state index in [-0.39, 0.29) is 24.1 Å². The molecule has 2 N–H and O–H groups in total. The lowest BCUT2D eigenvalue weighted by Crippen LogP contribution is -2.47. The van der Waals surface area contributed by atoms with Crippen LogP contribution in [0.1, 0.15) is 39.0 Å². The fourth-order valence-electron chi connectivity index (χ4n) is 2.93. The van der Waals surface area contributed by atoms with Gasteiger partial charge in [-0.1, -0.05) is 25.0 Å². The second-order valence-electron chi connectivity index (χ2n) is 5.97. The van der Waals surface area contributed by atoms with Crippen molar-refractivity contribution in [2.45, 2.75) is 45.1 Å². The maximum absolute atomic E-state index is 12.4. The monoisotopic (exact) mass is 365 g/mol. The van der Waals surface area contributed by atoms with Gasteiger partial charge in [0.2, 0.25) is 15.9 Å². The molecule has 0 aromatic carbocycles. The van der Waals surface area contributed by atoms with Crippen molar-refractivity contribution in [3.8, 4) is 0 Å². The molecular formula is C15H28ClN3O3S. The summed E-state index contributed by atoms with van der Waals surface area (Å²) in [7, 11) is -3.31. The summed E-state index contributed by atoms with van der Waals surface area (Å²) in [5.74, 6) is -0.0126. The predicted molar refractivity (Wildman–Crippen MR) is 94.3 cm³/mol. The van der Waals surface area contributed by atoms with E-state index in [9.17, 15) is 13.2 Å². The predicted octanol–water partition coefficient (Wildman–Crippen LogP) is 1.04. The number of halogens is 1. The Morgan fingerprint density at radius 3 is 2.91 bits per heavy atom. The van der Waals surface area contributed by atoms with Crippen LogP contribution in [-0.2, 0) is 14.8 Å². The Kier molecular flexibility index (Phi) is 8.53.